The van der Waals surface area contributed by atoms with Crippen molar-refractivity contribution in [2.24, 2.45) is 0 Å². The maximum Gasteiger partial charge on any atom is 0.448 e. The Labute approximate surface area is 41.6 Å². The first kappa shape index (κ1) is 7.64. The molecular weight excluding hydrogens is 132 g/mol. The standard InChI is InChI=1S/C2H2F4O2/c3-1(8-7)2(4,5)6/h1,7H. The second-order valence-corrected chi connectivity index (χ2v) is 0.963. The van der Waals surface area contributed by atoms with E-state index in [1.165, 1.54) is 0 Å². The topological polar surface area (TPSA) is 29.5 Å². The molecule has 0 fully saturated rings. The molecule has 8 heavy (non-hydrogen) atoms. The van der Waals surface area contributed by atoms with Crippen molar-refractivity contribution in [1.82, 2.24) is 0 Å². The molecule has 0 aliphatic rings. The van der Waals surface area contributed by atoms with Gasteiger partial charge in [-0.15, -0.1) is 0 Å². The Hall–Kier alpha value is -0.360. The van der Waals surface area contributed by atoms with Gasteiger partial charge in [0, 0.05) is 0 Å². The Bertz CT molecular complexity index is 68.9. The summed E-state index contributed by atoms with van der Waals surface area (Å²) < 4.78 is 43.4. The summed E-state index contributed by atoms with van der Waals surface area (Å²) in [4.78, 5) is 2.32. The Morgan fingerprint density at radius 1 is 1.38 bits per heavy atom. The number of alkyl halides is 4. The van der Waals surface area contributed by atoms with Crippen LogP contribution < -0.4 is 0 Å². The SMILES string of the molecule is OOC(F)C(F)(F)F. The van der Waals surface area contributed by atoms with E-state index in [4.69, 9.17) is 5.26 Å². The van der Waals surface area contributed by atoms with Crippen LogP contribution >= 0.6 is 0 Å². The summed E-state index contributed by atoms with van der Waals surface area (Å²) in [5, 5.41) is 7.08. The average Bonchev–Trinajstić information content (AvgIpc) is 1.62. The van der Waals surface area contributed by atoms with Gasteiger partial charge < -0.3 is 0 Å². The van der Waals surface area contributed by atoms with Gasteiger partial charge in [0.05, 0.1) is 0 Å². The van der Waals surface area contributed by atoms with Crippen molar-refractivity contribution in [2.45, 2.75) is 12.5 Å². The molecule has 0 aliphatic heterocycles. The van der Waals surface area contributed by atoms with Crippen LogP contribution in [0, 0.1) is 0 Å². The van der Waals surface area contributed by atoms with Gasteiger partial charge in [0.25, 0.3) is 0 Å². The molecule has 0 saturated carbocycles. The van der Waals surface area contributed by atoms with Crippen LogP contribution in [0.5, 0.6) is 0 Å². The van der Waals surface area contributed by atoms with Crippen LogP contribution in [-0.4, -0.2) is 17.8 Å². The summed E-state index contributed by atoms with van der Waals surface area (Å²) >= 11 is 0. The predicted molar refractivity (Wildman–Crippen MR) is 14.7 cm³/mol. The predicted octanol–water partition coefficient (Wildman–Crippen LogP) is 1.33. The van der Waals surface area contributed by atoms with Crippen molar-refractivity contribution in [2.75, 3.05) is 0 Å². The first-order chi connectivity index (χ1) is 3.48. The van der Waals surface area contributed by atoms with Gasteiger partial charge in [-0.2, -0.15) is 18.1 Å². The molecule has 0 radical (unpaired) electrons. The van der Waals surface area contributed by atoms with Crippen LogP contribution in [0.4, 0.5) is 17.6 Å². The first-order valence-electron chi connectivity index (χ1n) is 1.49. The van der Waals surface area contributed by atoms with Crippen LogP contribution in [0.15, 0.2) is 0 Å². The smallest absolute Gasteiger partial charge is 0.248 e. The van der Waals surface area contributed by atoms with Crippen molar-refractivity contribution < 1.29 is 27.7 Å². The fourth-order valence-electron chi connectivity index (χ4n) is 0.0598. The highest BCUT2D eigenvalue weighted by molar-refractivity contribution is 4.49. The molecule has 0 bridgehead atoms. The minimum absolute atomic E-state index is 2.32. The highest BCUT2D eigenvalue weighted by atomic mass is 19.4. The number of rotatable bonds is 1. The van der Waals surface area contributed by atoms with Crippen LogP contribution in [0.1, 0.15) is 0 Å². The van der Waals surface area contributed by atoms with Crippen LogP contribution in [0.2, 0.25) is 0 Å². The fourth-order valence-corrected chi connectivity index (χ4v) is 0.0598. The summed E-state index contributed by atoms with van der Waals surface area (Å²) in [6.45, 7) is 0. The molecule has 0 aromatic carbocycles. The molecule has 0 saturated heterocycles. The molecule has 0 heterocycles. The molecule has 0 spiro atoms. The molecular formula is C2H2F4O2. The van der Waals surface area contributed by atoms with Crippen molar-refractivity contribution in [3.63, 3.8) is 0 Å². The molecule has 0 aromatic rings. The third-order valence-electron chi connectivity index (χ3n) is 0.350. The molecule has 1 unspecified atom stereocenters. The van der Waals surface area contributed by atoms with Gasteiger partial charge in [-0.25, -0.2) is 9.65 Å². The lowest BCUT2D eigenvalue weighted by molar-refractivity contribution is -0.386. The van der Waals surface area contributed by atoms with E-state index >= 15 is 0 Å². The molecule has 1 N–H and O–H groups in total. The summed E-state index contributed by atoms with van der Waals surface area (Å²) in [5.74, 6) is 0. The van der Waals surface area contributed by atoms with E-state index in [0.29, 0.717) is 0 Å². The van der Waals surface area contributed by atoms with Crippen molar-refractivity contribution >= 4 is 0 Å². The minimum Gasteiger partial charge on any atom is -0.248 e. The Morgan fingerprint density at radius 3 is 1.75 bits per heavy atom. The van der Waals surface area contributed by atoms with E-state index in [0.717, 1.165) is 0 Å². The van der Waals surface area contributed by atoms with E-state index in [1.807, 2.05) is 0 Å². The highest BCUT2D eigenvalue weighted by Crippen LogP contribution is 2.22. The second-order valence-electron chi connectivity index (χ2n) is 0.963. The van der Waals surface area contributed by atoms with Crippen molar-refractivity contribution in [3.8, 4) is 0 Å². The first-order valence-corrected chi connectivity index (χ1v) is 1.49. The molecule has 2 nitrogen and oxygen atoms in total. The summed E-state index contributed by atoms with van der Waals surface area (Å²) in [5.41, 5.74) is 0. The van der Waals surface area contributed by atoms with Gasteiger partial charge in [0.2, 0.25) is 0 Å². The number of hydrogen-bond donors (Lipinski definition) is 1. The lowest BCUT2D eigenvalue weighted by Gasteiger charge is -2.06. The zero-order chi connectivity index (χ0) is 6.78. The lowest BCUT2D eigenvalue weighted by Crippen LogP contribution is -2.25. The summed E-state index contributed by atoms with van der Waals surface area (Å²) in [6, 6.07) is 0. The molecule has 0 aliphatic carbocycles. The highest BCUT2D eigenvalue weighted by Gasteiger charge is 2.41. The van der Waals surface area contributed by atoms with E-state index in [-0.39, 0.29) is 0 Å². The molecule has 1 atom stereocenters. The minimum atomic E-state index is -5.13. The quantitative estimate of drug-likeness (QED) is 0.333. The van der Waals surface area contributed by atoms with Gasteiger partial charge in [0.1, 0.15) is 0 Å². The molecule has 0 amide bonds. The van der Waals surface area contributed by atoms with Gasteiger partial charge in [-0.3, -0.25) is 0 Å². The van der Waals surface area contributed by atoms with Crippen LogP contribution in [0.25, 0.3) is 0 Å². The molecule has 6 heteroatoms. The number of hydrogen-bond acceptors (Lipinski definition) is 2. The average molecular weight is 134 g/mol. The third kappa shape index (κ3) is 2.08. The van der Waals surface area contributed by atoms with Crippen LogP contribution in [0.3, 0.4) is 0 Å². The number of halogens is 4. The van der Waals surface area contributed by atoms with Crippen LogP contribution in [-0.2, 0) is 4.89 Å². The maximum atomic E-state index is 11.0. The summed E-state index contributed by atoms with van der Waals surface area (Å²) in [7, 11) is 0. The Balaban J connectivity index is 3.62. The van der Waals surface area contributed by atoms with Gasteiger partial charge >= 0.3 is 12.5 Å². The Kier molecular flexibility index (Phi) is 2.17. The normalized spacial score (nSPS) is 16.1. The zero-order valence-corrected chi connectivity index (χ0v) is 3.44. The lowest BCUT2D eigenvalue weighted by atomic mass is 10.7. The van der Waals surface area contributed by atoms with Crippen molar-refractivity contribution in [3.05, 3.63) is 0 Å². The van der Waals surface area contributed by atoms with Crippen molar-refractivity contribution in [1.29, 1.82) is 0 Å². The Morgan fingerprint density at radius 2 is 1.75 bits per heavy atom. The van der Waals surface area contributed by atoms with E-state index in [9.17, 15) is 17.6 Å². The monoisotopic (exact) mass is 134 g/mol. The molecule has 50 valence electrons. The maximum absolute atomic E-state index is 11.0. The van der Waals surface area contributed by atoms with Gasteiger partial charge in [-0.1, -0.05) is 0 Å². The second kappa shape index (κ2) is 2.27. The van der Waals surface area contributed by atoms with Gasteiger partial charge in [0.15, 0.2) is 0 Å². The van der Waals surface area contributed by atoms with E-state index < -0.39 is 12.5 Å². The van der Waals surface area contributed by atoms with Gasteiger partial charge in [-0.05, 0) is 0 Å². The largest absolute Gasteiger partial charge is 0.448 e. The fraction of sp³-hybridized carbons (Fsp3) is 1.00. The zero-order valence-electron chi connectivity index (χ0n) is 3.44. The van der Waals surface area contributed by atoms with E-state index in [2.05, 4.69) is 4.89 Å². The molecule has 0 aromatic heterocycles. The molecule has 0 rings (SSSR count). The van der Waals surface area contributed by atoms with E-state index in [1.54, 1.807) is 0 Å². The third-order valence-corrected chi connectivity index (χ3v) is 0.350. The summed E-state index contributed by atoms with van der Waals surface area (Å²) in [6.07, 6.45) is -8.73.